The Hall–Kier alpha value is -1.22. The van der Waals surface area contributed by atoms with E-state index in [0.29, 0.717) is 18.1 Å². The number of aromatic nitrogens is 1. The number of carbonyl (C=O) groups is 1. The minimum absolute atomic E-state index is 0.203. The molecule has 0 radical (unpaired) electrons. The van der Waals surface area contributed by atoms with Crippen molar-refractivity contribution >= 4 is 5.78 Å². The molecule has 9 atom stereocenters. The van der Waals surface area contributed by atoms with E-state index in [1.54, 1.807) is 6.20 Å². The smallest absolute Gasteiger partial charge is 0.142 e. The van der Waals surface area contributed by atoms with E-state index in [1.165, 1.54) is 38.5 Å². The Balaban J connectivity index is 1.20. The molecule has 1 unspecified atom stereocenters. The van der Waals surface area contributed by atoms with Crippen LogP contribution in [0.3, 0.4) is 0 Å². The third-order valence-electron chi connectivity index (χ3n) is 10.4. The molecule has 0 saturated heterocycles. The zero-order valence-corrected chi connectivity index (χ0v) is 17.7. The van der Waals surface area contributed by atoms with E-state index in [-0.39, 0.29) is 16.9 Å². The van der Waals surface area contributed by atoms with Gasteiger partial charge in [-0.25, -0.2) is 0 Å². The highest BCUT2D eigenvalue weighted by molar-refractivity contribution is 5.84. The van der Waals surface area contributed by atoms with Crippen LogP contribution in [0.2, 0.25) is 0 Å². The fourth-order valence-electron chi connectivity index (χ4n) is 9.02. The predicted molar refractivity (Wildman–Crippen MR) is 112 cm³/mol. The fraction of sp³-hybridized carbons (Fsp3) is 0.769. The number of Topliss-reactive ketones (excluding diaryl/α,β-unsaturated/α-hetero) is 1. The van der Waals surface area contributed by atoms with Gasteiger partial charge in [-0.3, -0.25) is 9.78 Å². The average Bonchev–Trinajstić information content (AvgIpc) is 3.29. The van der Waals surface area contributed by atoms with E-state index in [0.717, 1.165) is 54.5 Å². The van der Waals surface area contributed by atoms with Crippen LogP contribution in [0.5, 0.6) is 0 Å². The number of fused-ring (bicyclic) bond motifs is 7. The highest BCUT2D eigenvalue weighted by atomic mass is 16.3. The van der Waals surface area contributed by atoms with Crippen LogP contribution in [-0.2, 0) is 11.2 Å². The summed E-state index contributed by atoms with van der Waals surface area (Å²) in [6, 6.07) is 5.91. The monoisotopic (exact) mass is 393 g/mol. The van der Waals surface area contributed by atoms with E-state index < -0.39 is 0 Å². The quantitative estimate of drug-likeness (QED) is 0.801. The topological polar surface area (TPSA) is 50.2 Å². The molecule has 1 heterocycles. The standard InChI is InChI=1S/C26H35NO2/c1-25-11-9-17-18-10-12-26(29)15-23(26)20(18)6-5-19(17)21(25)7-8-22(25)24(28)14-16-4-2-3-13-27-16/h2-4,13,17-23,29H,5-12,14-15H2,1H3/t17-,18-,19-,20+,21+,22-,23?,25+,26+/m1/s1. The summed E-state index contributed by atoms with van der Waals surface area (Å²) in [5, 5.41) is 10.6. The predicted octanol–water partition coefficient (Wildman–Crippen LogP) is 4.82. The summed E-state index contributed by atoms with van der Waals surface area (Å²) in [5.41, 5.74) is 0.862. The molecule has 1 aromatic rings. The molecule has 5 aliphatic rings. The Morgan fingerprint density at radius 2 is 1.76 bits per heavy atom. The molecule has 5 fully saturated rings. The molecule has 1 aromatic heterocycles. The van der Waals surface area contributed by atoms with Crippen molar-refractivity contribution in [3.8, 4) is 0 Å². The van der Waals surface area contributed by atoms with E-state index in [9.17, 15) is 9.90 Å². The summed E-state index contributed by atoms with van der Waals surface area (Å²) in [7, 11) is 0. The first-order valence-electron chi connectivity index (χ1n) is 12.1. The van der Waals surface area contributed by atoms with E-state index >= 15 is 0 Å². The van der Waals surface area contributed by atoms with Crippen molar-refractivity contribution in [2.24, 2.45) is 46.8 Å². The van der Waals surface area contributed by atoms with Gasteiger partial charge in [-0.1, -0.05) is 13.0 Å². The van der Waals surface area contributed by atoms with Gasteiger partial charge in [0.05, 0.1) is 5.60 Å². The lowest BCUT2D eigenvalue weighted by molar-refractivity contribution is -0.130. The lowest BCUT2D eigenvalue weighted by Crippen LogP contribution is -2.50. The van der Waals surface area contributed by atoms with Crippen molar-refractivity contribution < 1.29 is 9.90 Å². The number of pyridine rings is 1. The first-order chi connectivity index (χ1) is 14.0. The molecule has 5 saturated carbocycles. The number of carbonyl (C=O) groups excluding carboxylic acids is 1. The van der Waals surface area contributed by atoms with E-state index in [1.807, 2.05) is 18.2 Å². The Kier molecular flexibility index (Phi) is 4.08. The van der Waals surface area contributed by atoms with Crippen LogP contribution in [0.1, 0.15) is 70.4 Å². The van der Waals surface area contributed by atoms with Gasteiger partial charge in [0, 0.05) is 24.2 Å². The van der Waals surface area contributed by atoms with Gasteiger partial charge in [-0.05, 0) is 111 Å². The Morgan fingerprint density at radius 3 is 2.52 bits per heavy atom. The molecule has 0 aliphatic heterocycles. The molecular formula is C26H35NO2. The van der Waals surface area contributed by atoms with Crippen LogP contribution in [0.15, 0.2) is 24.4 Å². The van der Waals surface area contributed by atoms with Gasteiger partial charge in [0.2, 0.25) is 0 Å². The molecule has 6 rings (SSSR count). The molecule has 156 valence electrons. The molecule has 5 aliphatic carbocycles. The summed E-state index contributed by atoms with van der Waals surface area (Å²) in [5.74, 6) is 5.35. The molecule has 1 N–H and O–H groups in total. The zero-order valence-electron chi connectivity index (χ0n) is 17.7. The van der Waals surface area contributed by atoms with Crippen LogP contribution in [-0.4, -0.2) is 21.5 Å². The number of hydrogen-bond acceptors (Lipinski definition) is 3. The van der Waals surface area contributed by atoms with Crippen molar-refractivity contribution in [3.63, 3.8) is 0 Å². The van der Waals surface area contributed by atoms with Crippen molar-refractivity contribution in [1.29, 1.82) is 0 Å². The lowest BCUT2D eigenvalue weighted by Gasteiger charge is -2.56. The molecule has 0 bridgehead atoms. The number of hydrogen-bond donors (Lipinski definition) is 1. The summed E-state index contributed by atoms with van der Waals surface area (Å²) >= 11 is 0. The molecule has 3 nitrogen and oxygen atoms in total. The number of nitrogens with zero attached hydrogens (tertiary/aromatic N) is 1. The largest absolute Gasteiger partial charge is 0.390 e. The van der Waals surface area contributed by atoms with Gasteiger partial charge in [-0.2, -0.15) is 0 Å². The second-order valence-corrected chi connectivity index (χ2v) is 11.4. The molecule has 0 spiro atoms. The zero-order chi connectivity index (χ0) is 19.8. The van der Waals surface area contributed by atoms with Gasteiger partial charge in [0.25, 0.3) is 0 Å². The highest BCUT2D eigenvalue weighted by Crippen LogP contribution is 2.68. The van der Waals surface area contributed by atoms with Crippen LogP contribution in [0.25, 0.3) is 0 Å². The first-order valence-corrected chi connectivity index (χ1v) is 12.1. The number of ketones is 1. The summed E-state index contributed by atoms with van der Waals surface area (Å²) in [6.45, 7) is 2.45. The van der Waals surface area contributed by atoms with Gasteiger partial charge in [-0.15, -0.1) is 0 Å². The fourth-order valence-corrected chi connectivity index (χ4v) is 9.02. The normalized spacial score (nSPS) is 50.1. The Morgan fingerprint density at radius 1 is 1.00 bits per heavy atom. The van der Waals surface area contributed by atoms with Gasteiger partial charge in [0.1, 0.15) is 5.78 Å². The van der Waals surface area contributed by atoms with Crippen molar-refractivity contribution in [3.05, 3.63) is 30.1 Å². The maximum Gasteiger partial charge on any atom is 0.142 e. The maximum atomic E-state index is 13.3. The van der Waals surface area contributed by atoms with Gasteiger partial charge in [0.15, 0.2) is 0 Å². The third-order valence-corrected chi connectivity index (χ3v) is 10.4. The minimum atomic E-state index is -0.270. The van der Waals surface area contributed by atoms with Crippen molar-refractivity contribution in [2.45, 2.75) is 76.7 Å². The third kappa shape index (κ3) is 2.72. The van der Waals surface area contributed by atoms with Crippen LogP contribution in [0, 0.1) is 46.8 Å². The second kappa shape index (κ2) is 6.39. The lowest BCUT2D eigenvalue weighted by atomic mass is 9.49. The Labute approximate surface area is 174 Å². The average molecular weight is 394 g/mol. The molecule has 0 aromatic carbocycles. The Bertz CT molecular complexity index is 808. The SMILES string of the molecule is C[C@]12CC[C@@H]3[C@H]4CC[C@]5(O)CC5[C@H]4CC[C@H]3[C@@H]1CC[C@@H]2C(=O)Cc1ccccn1. The summed E-state index contributed by atoms with van der Waals surface area (Å²) in [6.07, 6.45) is 13.3. The summed E-state index contributed by atoms with van der Waals surface area (Å²) < 4.78 is 0. The van der Waals surface area contributed by atoms with Crippen LogP contribution >= 0.6 is 0 Å². The molecule has 0 amide bonds. The maximum absolute atomic E-state index is 13.3. The second-order valence-electron chi connectivity index (χ2n) is 11.4. The van der Waals surface area contributed by atoms with E-state index in [4.69, 9.17) is 0 Å². The number of rotatable bonds is 3. The van der Waals surface area contributed by atoms with E-state index in [2.05, 4.69) is 11.9 Å². The summed E-state index contributed by atoms with van der Waals surface area (Å²) in [4.78, 5) is 17.7. The van der Waals surface area contributed by atoms with Crippen LogP contribution in [0.4, 0.5) is 0 Å². The van der Waals surface area contributed by atoms with Crippen molar-refractivity contribution in [1.82, 2.24) is 4.98 Å². The van der Waals surface area contributed by atoms with Gasteiger partial charge >= 0.3 is 0 Å². The highest BCUT2D eigenvalue weighted by Gasteiger charge is 2.65. The molecule has 29 heavy (non-hydrogen) atoms. The van der Waals surface area contributed by atoms with Crippen molar-refractivity contribution in [2.75, 3.05) is 0 Å². The minimum Gasteiger partial charge on any atom is -0.390 e. The first kappa shape index (κ1) is 18.5. The molecular weight excluding hydrogens is 358 g/mol. The molecule has 3 heteroatoms. The van der Waals surface area contributed by atoms with Gasteiger partial charge < -0.3 is 5.11 Å². The number of aliphatic hydroxyl groups is 1. The van der Waals surface area contributed by atoms with Crippen LogP contribution < -0.4 is 0 Å².